The van der Waals surface area contributed by atoms with E-state index in [9.17, 15) is 14.7 Å². The average Bonchev–Trinajstić information content (AvgIpc) is 2.96. The van der Waals surface area contributed by atoms with E-state index in [1.807, 2.05) is 66.7 Å². The first kappa shape index (κ1) is 27.8. The smallest absolute Gasteiger partial charge is 0.339 e. The summed E-state index contributed by atoms with van der Waals surface area (Å²) in [5.41, 5.74) is 5.89. The molecule has 4 rings (SSSR count). The van der Waals surface area contributed by atoms with Gasteiger partial charge in [0.25, 0.3) is 0 Å². The van der Waals surface area contributed by atoms with Crippen LogP contribution in [0.4, 0.5) is 5.69 Å². The van der Waals surface area contributed by atoms with Crippen LogP contribution in [0.15, 0.2) is 103 Å². The second-order valence-electron chi connectivity index (χ2n) is 9.53. The number of esters is 1. The van der Waals surface area contributed by atoms with Crippen molar-refractivity contribution in [3.8, 4) is 11.1 Å². The molecule has 2 N–H and O–H groups in total. The fraction of sp³-hybridized carbons (Fsp3) is 0.212. The van der Waals surface area contributed by atoms with Crippen LogP contribution in [0.25, 0.3) is 11.1 Å². The Morgan fingerprint density at radius 1 is 0.846 bits per heavy atom. The molecule has 0 aliphatic heterocycles. The molecule has 39 heavy (non-hydrogen) atoms. The Labute approximate surface area is 229 Å². The molecule has 4 aromatic carbocycles. The van der Waals surface area contributed by atoms with Crippen molar-refractivity contribution in [3.63, 3.8) is 0 Å². The standard InChI is InChI=1S/C33H34N2O4/c1-24(36)34-31-21-29(17-18-30(31)33(38)39-2)27-15-13-25(14-16-27)19-20-35(22-26-9-5-3-6-10-26)23-32(37)28-11-7-4-8-12-28/h3-18,21,32,37H,19-20,22-23H2,1-2H3,(H,34,36)/t32-/m1/s1. The Morgan fingerprint density at radius 3 is 2.13 bits per heavy atom. The monoisotopic (exact) mass is 522 g/mol. The van der Waals surface area contributed by atoms with E-state index in [-0.39, 0.29) is 5.91 Å². The van der Waals surface area contributed by atoms with Gasteiger partial charge in [-0.25, -0.2) is 4.79 Å². The summed E-state index contributed by atoms with van der Waals surface area (Å²) in [5.74, 6) is -0.761. The van der Waals surface area contributed by atoms with Gasteiger partial charge in [-0.1, -0.05) is 91.0 Å². The predicted molar refractivity (Wildman–Crippen MR) is 154 cm³/mol. The summed E-state index contributed by atoms with van der Waals surface area (Å²) in [5, 5.41) is 13.6. The zero-order valence-electron chi connectivity index (χ0n) is 22.3. The number of aliphatic hydroxyl groups is 1. The lowest BCUT2D eigenvalue weighted by Crippen LogP contribution is -2.30. The molecular formula is C33H34N2O4. The maximum absolute atomic E-state index is 12.1. The van der Waals surface area contributed by atoms with E-state index in [1.165, 1.54) is 25.2 Å². The van der Waals surface area contributed by atoms with Crippen molar-refractivity contribution in [2.75, 3.05) is 25.5 Å². The van der Waals surface area contributed by atoms with Gasteiger partial charge in [-0.05, 0) is 46.4 Å². The molecule has 0 saturated carbocycles. The molecule has 200 valence electrons. The third-order valence-electron chi connectivity index (χ3n) is 6.60. The van der Waals surface area contributed by atoms with Gasteiger partial charge in [0.05, 0.1) is 24.5 Å². The molecule has 0 bridgehead atoms. The maximum Gasteiger partial charge on any atom is 0.339 e. The highest BCUT2D eigenvalue weighted by atomic mass is 16.5. The number of methoxy groups -OCH3 is 1. The summed E-state index contributed by atoms with van der Waals surface area (Å²) in [6, 6.07) is 33.6. The van der Waals surface area contributed by atoms with Crippen molar-refractivity contribution in [3.05, 3.63) is 125 Å². The third-order valence-corrected chi connectivity index (χ3v) is 6.60. The van der Waals surface area contributed by atoms with E-state index >= 15 is 0 Å². The van der Waals surface area contributed by atoms with Crippen LogP contribution in [-0.2, 0) is 22.5 Å². The Bertz CT molecular complexity index is 1370. The van der Waals surface area contributed by atoms with Crippen LogP contribution in [-0.4, -0.2) is 42.1 Å². The number of anilines is 1. The average molecular weight is 523 g/mol. The molecule has 0 unspecified atom stereocenters. The minimum atomic E-state index is -0.567. The molecule has 6 heteroatoms. The van der Waals surface area contributed by atoms with Crippen LogP contribution in [0.5, 0.6) is 0 Å². The number of hydrogen-bond donors (Lipinski definition) is 2. The van der Waals surface area contributed by atoms with Gasteiger partial charge in [0, 0.05) is 26.6 Å². The second-order valence-corrected chi connectivity index (χ2v) is 9.53. The van der Waals surface area contributed by atoms with Gasteiger partial charge in [-0.3, -0.25) is 9.69 Å². The number of benzene rings is 4. The van der Waals surface area contributed by atoms with Gasteiger partial charge >= 0.3 is 5.97 Å². The minimum absolute atomic E-state index is 0.259. The molecule has 0 heterocycles. The summed E-state index contributed by atoms with van der Waals surface area (Å²) >= 11 is 0. The van der Waals surface area contributed by atoms with Crippen molar-refractivity contribution in [2.45, 2.75) is 26.0 Å². The van der Waals surface area contributed by atoms with Crippen LogP contribution >= 0.6 is 0 Å². The highest BCUT2D eigenvalue weighted by molar-refractivity contribution is 6.01. The minimum Gasteiger partial charge on any atom is -0.465 e. The van der Waals surface area contributed by atoms with Gasteiger partial charge in [0.2, 0.25) is 5.91 Å². The first-order valence-electron chi connectivity index (χ1n) is 13.0. The van der Waals surface area contributed by atoms with Crippen molar-refractivity contribution in [2.24, 2.45) is 0 Å². The van der Waals surface area contributed by atoms with Crippen LogP contribution in [0.1, 0.15) is 40.1 Å². The summed E-state index contributed by atoms with van der Waals surface area (Å²) in [6.45, 7) is 3.48. The van der Waals surface area contributed by atoms with Crippen LogP contribution in [0.3, 0.4) is 0 Å². The number of carbonyl (C=O) groups is 2. The lowest BCUT2D eigenvalue weighted by molar-refractivity contribution is -0.114. The van der Waals surface area contributed by atoms with Crippen molar-refractivity contribution in [1.82, 2.24) is 4.90 Å². The molecule has 4 aromatic rings. The number of amides is 1. The molecule has 0 spiro atoms. The fourth-order valence-corrected chi connectivity index (χ4v) is 4.56. The van der Waals surface area contributed by atoms with Crippen LogP contribution < -0.4 is 5.32 Å². The summed E-state index contributed by atoms with van der Waals surface area (Å²) in [7, 11) is 1.32. The molecular weight excluding hydrogens is 488 g/mol. The van der Waals surface area contributed by atoms with Gasteiger partial charge in [-0.2, -0.15) is 0 Å². The van der Waals surface area contributed by atoms with E-state index < -0.39 is 12.1 Å². The molecule has 0 aromatic heterocycles. The molecule has 6 nitrogen and oxygen atoms in total. The number of ether oxygens (including phenoxy) is 1. The number of rotatable bonds is 11. The molecule has 0 fully saturated rings. The maximum atomic E-state index is 12.1. The zero-order chi connectivity index (χ0) is 27.6. The summed E-state index contributed by atoms with van der Waals surface area (Å²) in [4.78, 5) is 26.1. The van der Waals surface area contributed by atoms with Gasteiger partial charge in [0.1, 0.15) is 0 Å². The molecule has 0 aliphatic carbocycles. The van der Waals surface area contributed by atoms with Crippen LogP contribution in [0.2, 0.25) is 0 Å². The van der Waals surface area contributed by atoms with E-state index in [0.717, 1.165) is 36.2 Å². The lowest BCUT2D eigenvalue weighted by atomic mass is 10.00. The highest BCUT2D eigenvalue weighted by Crippen LogP contribution is 2.27. The first-order valence-corrected chi connectivity index (χ1v) is 13.0. The van der Waals surface area contributed by atoms with E-state index in [0.29, 0.717) is 17.8 Å². The molecule has 0 aliphatic rings. The normalized spacial score (nSPS) is 11.7. The Hall–Kier alpha value is -4.26. The van der Waals surface area contributed by atoms with E-state index in [2.05, 4.69) is 34.5 Å². The number of hydrogen-bond acceptors (Lipinski definition) is 5. The number of aliphatic hydroxyl groups excluding tert-OH is 1. The molecule has 0 saturated heterocycles. The Balaban J connectivity index is 1.47. The topological polar surface area (TPSA) is 78.9 Å². The SMILES string of the molecule is COC(=O)c1ccc(-c2ccc(CCN(Cc3ccccc3)C[C@@H](O)c3ccccc3)cc2)cc1NC(C)=O. The molecule has 0 radical (unpaired) electrons. The van der Waals surface area contributed by atoms with Crippen LogP contribution in [0, 0.1) is 0 Å². The van der Waals surface area contributed by atoms with Gasteiger partial charge in [0.15, 0.2) is 0 Å². The summed E-state index contributed by atoms with van der Waals surface area (Å²) in [6.07, 6.45) is 0.260. The zero-order valence-corrected chi connectivity index (χ0v) is 22.3. The number of nitrogens with one attached hydrogen (secondary N) is 1. The molecule has 1 amide bonds. The van der Waals surface area contributed by atoms with Crippen molar-refractivity contribution >= 4 is 17.6 Å². The second kappa shape index (κ2) is 13.5. The Morgan fingerprint density at radius 2 is 1.49 bits per heavy atom. The molecule has 1 atom stereocenters. The van der Waals surface area contributed by atoms with Crippen molar-refractivity contribution < 1.29 is 19.4 Å². The Kier molecular flexibility index (Phi) is 9.62. The largest absolute Gasteiger partial charge is 0.465 e. The van der Waals surface area contributed by atoms with E-state index in [4.69, 9.17) is 4.74 Å². The van der Waals surface area contributed by atoms with E-state index in [1.54, 1.807) is 12.1 Å². The van der Waals surface area contributed by atoms with Gasteiger partial charge < -0.3 is 15.2 Å². The quantitative estimate of drug-likeness (QED) is 0.241. The summed E-state index contributed by atoms with van der Waals surface area (Å²) < 4.78 is 4.84. The van der Waals surface area contributed by atoms with Crippen molar-refractivity contribution in [1.29, 1.82) is 0 Å². The predicted octanol–water partition coefficient (Wildman–Crippen LogP) is 5.88. The fourth-order valence-electron chi connectivity index (χ4n) is 4.56. The van der Waals surface area contributed by atoms with Gasteiger partial charge in [-0.15, -0.1) is 0 Å². The third kappa shape index (κ3) is 7.87. The first-order chi connectivity index (χ1) is 18.9. The number of carbonyl (C=O) groups excluding carboxylic acids is 2. The highest BCUT2D eigenvalue weighted by Gasteiger charge is 2.16. The lowest BCUT2D eigenvalue weighted by Gasteiger charge is -2.25. The number of nitrogens with zero attached hydrogens (tertiary/aromatic N) is 1.